The molecule has 1 aromatic rings. The standard InChI is InChI=1S/C17H23F2N3O2/c1-4-22(12(2)3)17(24)21-9-7-20(8-10-21)16(23)13-5-6-14(18)15(19)11-13/h5-6,11-12H,4,7-10H2,1-3H3. The van der Waals surface area contributed by atoms with E-state index in [1.807, 2.05) is 20.8 Å². The first kappa shape index (κ1) is 18.2. The van der Waals surface area contributed by atoms with Crippen LogP contribution in [0, 0.1) is 11.6 Å². The fourth-order valence-electron chi connectivity index (χ4n) is 2.82. The Morgan fingerprint density at radius 1 is 1.08 bits per heavy atom. The summed E-state index contributed by atoms with van der Waals surface area (Å²) < 4.78 is 26.2. The van der Waals surface area contributed by atoms with Crippen LogP contribution in [0.25, 0.3) is 0 Å². The first-order chi connectivity index (χ1) is 11.3. The fourth-order valence-corrected chi connectivity index (χ4v) is 2.82. The second-order valence-corrected chi connectivity index (χ2v) is 6.07. The molecule has 132 valence electrons. The number of nitrogens with zero attached hydrogens (tertiary/aromatic N) is 3. The molecule has 0 radical (unpaired) electrons. The minimum absolute atomic E-state index is 0.0348. The van der Waals surface area contributed by atoms with Gasteiger partial charge in [0.2, 0.25) is 0 Å². The minimum atomic E-state index is -1.04. The van der Waals surface area contributed by atoms with E-state index in [1.165, 1.54) is 6.07 Å². The summed E-state index contributed by atoms with van der Waals surface area (Å²) in [7, 11) is 0. The van der Waals surface area contributed by atoms with E-state index in [0.717, 1.165) is 12.1 Å². The first-order valence-electron chi connectivity index (χ1n) is 8.15. The number of urea groups is 1. The van der Waals surface area contributed by atoms with Gasteiger partial charge < -0.3 is 14.7 Å². The Labute approximate surface area is 140 Å². The van der Waals surface area contributed by atoms with Gasteiger partial charge in [0.05, 0.1) is 0 Å². The Morgan fingerprint density at radius 3 is 2.17 bits per heavy atom. The van der Waals surface area contributed by atoms with Gasteiger partial charge in [0.1, 0.15) is 0 Å². The van der Waals surface area contributed by atoms with Crippen LogP contribution in [0.5, 0.6) is 0 Å². The van der Waals surface area contributed by atoms with E-state index in [0.29, 0.717) is 32.7 Å². The van der Waals surface area contributed by atoms with E-state index in [1.54, 1.807) is 14.7 Å². The van der Waals surface area contributed by atoms with Crippen LogP contribution >= 0.6 is 0 Å². The molecule has 1 aromatic carbocycles. The van der Waals surface area contributed by atoms with Gasteiger partial charge in [-0.25, -0.2) is 13.6 Å². The molecule has 1 saturated heterocycles. The molecule has 1 fully saturated rings. The zero-order chi connectivity index (χ0) is 17.9. The predicted octanol–water partition coefficient (Wildman–Crippen LogP) is 2.57. The fraction of sp³-hybridized carbons (Fsp3) is 0.529. The summed E-state index contributed by atoms with van der Waals surface area (Å²) in [5, 5.41) is 0. The van der Waals surface area contributed by atoms with Gasteiger partial charge in [0, 0.05) is 44.3 Å². The van der Waals surface area contributed by atoms with Crippen molar-refractivity contribution in [1.82, 2.24) is 14.7 Å². The van der Waals surface area contributed by atoms with Crippen molar-refractivity contribution >= 4 is 11.9 Å². The van der Waals surface area contributed by atoms with E-state index in [2.05, 4.69) is 0 Å². The Hall–Kier alpha value is -2.18. The topological polar surface area (TPSA) is 43.9 Å². The van der Waals surface area contributed by atoms with Crippen molar-refractivity contribution in [3.63, 3.8) is 0 Å². The molecule has 0 atom stereocenters. The minimum Gasteiger partial charge on any atom is -0.335 e. The van der Waals surface area contributed by atoms with Crippen molar-refractivity contribution in [2.24, 2.45) is 0 Å². The van der Waals surface area contributed by atoms with Crippen molar-refractivity contribution in [2.75, 3.05) is 32.7 Å². The maximum Gasteiger partial charge on any atom is 0.320 e. The third kappa shape index (κ3) is 3.83. The Kier molecular flexibility index (Phi) is 5.75. The highest BCUT2D eigenvalue weighted by molar-refractivity contribution is 5.94. The second kappa shape index (κ2) is 7.59. The number of halogens is 2. The third-order valence-electron chi connectivity index (χ3n) is 4.21. The van der Waals surface area contributed by atoms with Crippen LogP contribution in [0.15, 0.2) is 18.2 Å². The van der Waals surface area contributed by atoms with Gasteiger partial charge in [-0.2, -0.15) is 0 Å². The van der Waals surface area contributed by atoms with Gasteiger partial charge in [0.25, 0.3) is 5.91 Å². The lowest BCUT2D eigenvalue weighted by Crippen LogP contribution is -2.55. The summed E-state index contributed by atoms with van der Waals surface area (Å²) in [6.45, 7) is 8.09. The smallest absolute Gasteiger partial charge is 0.320 e. The Balaban J connectivity index is 1.98. The summed E-state index contributed by atoms with van der Waals surface area (Å²) in [5.41, 5.74) is 0.117. The molecule has 1 aliphatic heterocycles. The summed E-state index contributed by atoms with van der Waals surface area (Å²) >= 11 is 0. The average molecular weight is 339 g/mol. The number of amides is 3. The molecule has 1 heterocycles. The quantitative estimate of drug-likeness (QED) is 0.849. The van der Waals surface area contributed by atoms with Crippen molar-refractivity contribution < 1.29 is 18.4 Å². The number of benzene rings is 1. The molecule has 7 heteroatoms. The molecule has 2 rings (SSSR count). The largest absolute Gasteiger partial charge is 0.335 e. The zero-order valence-electron chi connectivity index (χ0n) is 14.3. The zero-order valence-corrected chi connectivity index (χ0v) is 14.3. The molecule has 0 bridgehead atoms. The van der Waals surface area contributed by atoms with E-state index in [4.69, 9.17) is 0 Å². The lowest BCUT2D eigenvalue weighted by molar-refractivity contribution is 0.0630. The SMILES string of the molecule is CCN(C(=O)N1CCN(C(=O)c2ccc(F)c(F)c2)CC1)C(C)C. The Bertz CT molecular complexity index is 614. The number of carbonyl (C=O) groups is 2. The second-order valence-electron chi connectivity index (χ2n) is 6.07. The van der Waals surface area contributed by atoms with Crippen LogP contribution in [-0.4, -0.2) is 65.4 Å². The summed E-state index contributed by atoms with van der Waals surface area (Å²) in [4.78, 5) is 29.9. The molecular weight excluding hydrogens is 316 g/mol. The van der Waals surface area contributed by atoms with Crippen molar-refractivity contribution in [1.29, 1.82) is 0 Å². The monoisotopic (exact) mass is 339 g/mol. The van der Waals surface area contributed by atoms with E-state index < -0.39 is 11.6 Å². The molecule has 0 spiro atoms. The maximum atomic E-state index is 13.3. The number of hydrogen-bond acceptors (Lipinski definition) is 2. The third-order valence-corrected chi connectivity index (χ3v) is 4.21. The molecule has 1 aliphatic rings. The van der Waals surface area contributed by atoms with E-state index in [9.17, 15) is 18.4 Å². The van der Waals surface area contributed by atoms with Crippen LogP contribution in [0.2, 0.25) is 0 Å². The lowest BCUT2D eigenvalue weighted by Gasteiger charge is -2.38. The normalized spacial score (nSPS) is 14.9. The number of carbonyl (C=O) groups excluding carboxylic acids is 2. The number of piperazine rings is 1. The van der Waals surface area contributed by atoms with Gasteiger partial charge in [-0.1, -0.05) is 0 Å². The van der Waals surface area contributed by atoms with Crippen LogP contribution in [0.1, 0.15) is 31.1 Å². The van der Waals surface area contributed by atoms with Gasteiger partial charge in [0.15, 0.2) is 11.6 Å². The van der Waals surface area contributed by atoms with Crippen LogP contribution in [0.4, 0.5) is 13.6 Å². The van der Waals surface area contributed by atoms with Crippen LogP contribution in [0.3, 0.4) is 0 Å². The van der Waals surface area contributed by atoms with E-state index in [-0.39, 0.29) is 23.5 Å². The first-order valence-corrected chi connectivity index (χ1v) is 8.15. The van der Waals surface area contributed by atoms with Crippen LogP contribution < -0.4 is 0 Å². The van der Waals surface area contributed by atoms with Crippen LogP contribution in [-0.2, 0) is 0 Å². The van der Waals surface area contributed by atoms with Gasteiger partial charge in [-0.15, -0.1) is 0 Å². The molecule has 5 nitrogen and oxygen atoms in total. The molecule has 24 heavy (non-hydrogen) atoms. The summed E-state index contributed by atoms with van der Waals surface area (Å²) in [6, 6.07) is 3.21. The predicted molar refractivity (Wildman–Crippen MR) is 86.7 cm³/mol. The van der Waals surface area contributed by atoms with Crippen molar-refractivity contribution in [3.8, 4) is 0 Å². The van der Waals surface area contributed by atoms with E-state index >= 15 is 0 Å². The highest BCUT2D eigenvalue weighted by atomic mass is 19.2. The molecule has 0 N–H and O–H groups in total. The molecule has 0 unspecified atom stereocenters. The molecule has 3 amide bonds. The number of rotatable bonds is 3. The highest BCUT2D eigenvalue weighted by Crippen LogP contribution is 2.14. The maximum absolute atomic E-state index is 13.3. The van der Waals surface area contributed by atoms with Crippen molar-refractivity contribution in [3.05, 3.63) is 35.4 Å². The van der Waals surface area contributed by atoms with Gasteiger partial charge in [-0.05, 0) is 39.0 Å². The molecular formula is C17H23F2N3O2. The molecule has 0 aromatic heterocycles. The van der Waals surface area contributed by atoms with Gasteiger partial charge >= 0.3 is 6.03 Å². The Morgan fingerprint density at radius 2 is 1.67 bits per heavy atom. The summed E-state index contributed by atoms with van der Waals surface area (Å²) in [6.07, 6.45) is 0. The van der Waals surface area contributed by atoms with Gasteiger partial charge in [-0.3, -0.25) is 4.79 Å². The average Bonchev–Trinajstić information content (AvgIpc) is 2.57. The van der Waals surface area contributed by atoms with Crippen molar-refractivity contribution in [2.45, 2.75) is 26.8 Å². The lowest BCUT2D eigenvalue weighted by atomic mass is 10.1. The summed E-state index contributed by atoms with van der Waals surface area (Å²) in [5.74, 6) is -2.36. The molecule has 0 saturated carbocycles. The number of hydrogen-bond donors (Lipinski definition) is 0. The highest BCUT2D eigenvalue weighted by Gasteiger charge is 2.28. The molecule has 0 aliphatic carbocycles.